The summed E-state index contributed by atoms with van der Waals surface area (Å²) in [4.78, 5) is 2.71. The molecule has 1 saturated carbocycles. The van der Waals surface area contributed by atoms with Crippen molar-refractivity contribution in [2.75, 3.05) is 19.6 Å². The number of likely N-dealkylation sites (N-methyl/N-ethyl adjacent to an activating group) is 1. The zero-order chi connectivity index (χ0) is 11.5. The summed E-state index contributed by atoms with van der Waals surface area (Å²) in [6.45, 7) is 10.8. The highest BCUT2D eigenvalue weighted by atomic mass is 15.2. The molecule has 2 heteroatoms. The molecule has 0 bridgehead atoms. The van der Waals surface area contributed by atoms with Crippen LogP contribution in [0.4, 0.5) is 0 Å². The minimum Gasteiger partial charge on any atom is -0.313 e. The van der Waals surface area contributed by atoms with E-state index in [0.717, 1.165) is 23.9 Å². The summed E-state index contributed by atoms with van der Waals surface area (Å²) in [7, 11) is 0. The van der Waals surface area contributed by atoms with Crippen LogP contribution in [0.15, 0.2) is 0 Å². The summed E-state index contributed by atoms with van der Waals surface area (Å²) < 4.78 is 0. The van der Waals surface area contributed by atoms with Gasteiger partial charge in [0.2, 0.25) is 0 Å². The molecule has 1 N–H and O–H groups in total. The van der Waals surface area contributed by atoms with Gasteiger partial charge in [0.15, 0.2) is 0 Å². The molecule has 2 rings (SSSR count). The van der Waals surface area contributed by atoms with Gasteiger partial charge in [-0.25, -0.2) is 0 Å². The lowest BCUT2D eigenvalue weighted by molar-refractivity contribution is 0.0537. The fourth-order valence-corrected chi connectivity index (χ4v) is 3.20. The predicted octanol–water partition coefficient (Wildman–Crippen LogP) is 2.49. The quantitative estimate of drug-likeness (QED) is 0.772. The molecule has 2 nitrogen and oxygen atoms in total. The maximum absolute atomic E-state index is 3.62. The second-order valence-electron chi connectivity index (χ2n) is 6.01. The normalized spacial score (nSPS) is 34.7. The summed E-state index contributed by atoms with van der Waals surface area (Å²) in [6.07, 6.45) is 5.65. The molecular weight excluding hydrogens is 196 g/mol. The monoisotopic (exact) mass is 224 g/mol. The lowest BCUT2D eigenvalue weighted by Crippen LogP contribution is -2.50. The molecule has 1 unspecified atom stereocenters. The molecule has 0 amide bonds. The summed E-state index contributed by atoms with van der Waals surface area (Å²) in [5.74, 6) is 1.88. The van der Waals surface area contributed by atoms with Crippen molar-refractivity contribution in [1.82, 2.24) is 10.2 Å². The van der Waals surface area contributed by atoms with Crippen LogP contribution in [0.2, 0.25) is 0 Å². The number of nitrogens with zero attached hydrogens (tertiary/aromatic N) is 1. The third kappa shape index (κ3) is 2.78. The third-order valence-electron chi connectivity index (χ3n) is 4.63. The molecule has 0 aromatic rings. The van der Waals surface area contributed by atoms with Gasteiger partial charge in [-0.15, -0.1) is 0 Å². The van der Waals surface area contributed by atoms with Crippen LogP contribution in [0.1, 0.15) is 46.5 Å². The van der Waals surface area contributed by atoms with Crippen molar-refractivity contribution in [3.8, 4) is 0 Å². The zero-order valence-corrected chi connectivity index (χ0v) is 11.2. The van der Waals surface area contributed by atoms with Gasteiger partial charge in [-0.1, -0.05) is 20.8 Å². The van der Waals surface area contributed by atoms with Gasteiger partial charge in [-0.2, -0.15) is 0 Å². The van der Waals surface area contributed by atoms with Gasteiger partial charge >= 0.3 is 0 Å². The third-order valence-corrected chi connectivity index (χ3v) is 4.63. The van der Waals surface area contributed by atoms with E-state index in [1.165, 1.54) is 45.3 Å². The summed E-state index contributed by atoms with van der Waals surface area (Å²) in [5, 5.41) is 3.62. The molecule has 1 aliphatic carbocycles. The van der Waals surface area contributed by atoms with Crippen molar-refractivity contribution >= 4 is 0 Å². The maximum Gasteiger partial charge on any atom is 0.0195 e. The van der Waals surface area contributed by atoms with Crippen molar-refractivity contribution in [1.29, 1.82) is 0 Å². The first-order valence-electron chi connectivity index (χ1n) is 7.18. The highest BCUT2D eigenvalue weighted by Gasteiger charge is 2.35. The van der Waals surface area contributed by atoms with Crippen molar-refractivity contribution in [2.24, 2.45) is 11.8 Å². The fraction of sp³-hybridized carbons (Fsp3) is 1.00. The second-order valence-corrected chi connectivity index (χ2v) is 6.01. The van der Waals surface area contributed by atoms with Gasteiger partial charge in [0.25, 0.3) is 0 Å². The van der Waals surface area contributed by atoms with Gasteiger partial charge in [-0.05, 0) is 50.6 Å². The van der Waals surface area contributed by atoms with Gasteiger partial charge in [-0.3, -0.25) is 4.90 Å². The topological polar surface area (TPSA) is 15.3 Å². The van der Waals surface area contributed by atoms with E-state index in [4.69, 9.17) is 0 Å². The summed E-state index contributed by atoms with van der Waals surface area (Å²) >= 11 is 0. The largest absolute Gasteiger partial charge is 0.313 e. The van der Waals surface area contributed by atoms with E-state index >= 15 is 0 Å². The average molecular weight is 224 g/mol. The second kappa shape index (κ2) is 5.50. The minimum absolute atomic E-state index is 0.776. The first kappa shape index (κ1) is 12.4. The van der Waals surface area contributed by atoms with Gasteiger partial charge in [0.1, 0.15) is 0 Å². The summed E-state index contributed by atoms with van der Waals surface area (Å²) in [6, 6.07) is 1.66. The molecule has 1 heterocycles. The Morgan fingerprint density at radius 1 is 1.31 bits per heavy atom. The van der Waals surface area contributed by atoms with Crippen molar-refractivity contribution in [3.63, 3.8) is 0 Å². The van der Waals surface area contributed by atoms with Crippen LogP contribution in [-0.4, -0.2) is 36.6 Å². The Hall–Kier alpha value is -0.0800. The Balaban J connectivity index is 1.73. The molecule has 1 atom stereocenters. The molecule has 0 aromatic heterocycles. The molecule has 2 aliphatic rings. The Morgan fingerprint density at radius 3 is 2.56 bits per heavy atom. The van der Waals surface area contributed by atoms with Crippen LogP contribution >= 0.6 is 0 Å². The van der Waals surface area contributed by atoms with Crippen LogP contribution in [-0.2, 0) is 0 Å². The lowest BCUT2D eigenvalue weighted by Gasteiger charge is -2.45. The number of hydrogen-bond donors (Lipinski definition) is 1. The smallest absolute Gasteiger partial charge is 0.0195 e. The first-order chi connectivity index (χ1) is 7.70. The fourth-order valence-electron chi connectivity index (χ4n) is 3.20. The predicted molar refractivity (Wildman–Crippen MR) is 69.6 cm³/mol. The van der Waals surface area contributed by atoms with E-state index < -0.39 is 0 Å². The van der Waals surface area contributed by atoms with Crippen molar-refractivity contribution in [3.05, 3.63) is 0 Å². The molecule has 94 valence electrons. The molecule has 2 fully saturated rings. The molecule has 1 aliphatic heterocycles. The van der Waals surface area contributed by atoms with Crippen LogP contribution in [0, 0.1) is 11.8 Å². The van der Waals surface area contributed by atoms with E-state index in [2.05, 4.69) is 31.0 Å². The molecule has 0 spiro atoms. The van der Waals surface area contributed by atoms with Crippen LogP contribution in [0.25, 0.3) is 0 Å². The average Bonchev–Trinajstić information content (AvgIpc) is 2.65. The Kier molecular flexibility index (Phi) is 4.26. The van der Waals surface area contributed by atoms with E-state index in [-0.39, 0.29) is 0 Å². The van der Waals surface area contributed by atoms with Crippen LogP contribution < -0.4 is 5.32 Å². The standard InChI is InChI=1S/C14H28N2/c1-4-16(10-13-6-5-7-15-13)14-8-12(9-14)11(2)3/h11-15H,4-10H2,1-3H3. The lowest BCUT2D eigenvalue weighted by atomic mass is 9.73. The van der Waals surface area contributed by atoms with E-state index in [0.29, 0.717) is 0 Å². The van der Waals surface area contributed by atoms with Gasteiger partial charge < -0.3 is 5.32 Å². The summed E-state index contributed by atoms with van der Waals surface area (Å²) in [5.41, 5.74) is 0. The van der Waals surface area contributed by atoms with Gasteiger partial charge in [0, 0.05) is 18.6 Å². The highest BCUT2D eigenvalue weighted by Crippen LogP contribution is 2.37. The number of hydrogen-bond acceptors (Lipinski definition) is 2. The molecule has 16 heavy (non-hydrogen) atoms. The van der Waals surface area contributed by atoms with Crippen LogP contribution in [0.3, 0.4) is 0 Å². The van der Waals surface area contributed by atoms with E-state index in [1.54, 1.807) is 0 Å². The maximum atomic E-state index is 3.62. The molecular formula is C14H28N2. The van der Waals surface area contributed by atoms with E-state index in [1.807, 2.05) is 0 Å². The number of rotatable bonds is 5. The SMILES string of the molecule is CCN(CC1CCCN1)C1CC(C(C)C)C1. The Bertz CT molecular complexity index is 203. The Labute approximate surface area is 101 Å². The first-order valence-corrected chi connectivity index (χ1v) is 7.18. The van der Waals surface area contributed by atoms with Crippen molar-refractivity contribution < 1.29 is 0 Å². The highest BCUT2D eigenvalue weighted by molar-refractivity contribution is 4.90. The van der Waals surface area contributed by atoms with Crippen LogP contribution in [0.5, 0.6) is 0 Å². The molecule has 0 aromatic carbocycles. The zero-order valence-electron chi connectivity index (χ0n) is 11.2. The molecule has 1 saturated heterocycles. The number of nitrogens with one attached hydrogen (secondary N) is 1. The Morgan fingerprint density at radius 2 is 2.06 bits per heavy atom. The van der Waals surface area contributed by atoms with E-state index in [9.17, 15) is 0 Å². The van der Waals surface area contributed by atoms with Gasteiger partial charge in [0.05, 0.1) is 0 Å². The minimum atomic E-state index is 0.776. The molecule has 0 radical (unpaired) electrons. The van der Waals surface area contributed by atoms with Crippen molar-refractivity contribution in [2.45, 2.75) is 58.5 Å².